The Morgan fingerprint density at radius 1 is 1.45 bits per heavy atom. The van der Waals surface area contributed by atoms with Gasteiger partial charge >= 0.3 is 6.09 Å². The molecule has 0 atom stereocenters. The number of benzene rings is 1. The number of ether oxygens (including phenoxy) is 1. The first-order chi connectivity index (χ1) is 9.26. The second-order valence-corrected chi connectivity index (χ2v) is 7.24. The maximum Gasteiger partial charge on any atom is 0.410 e. The summed E-state index contributed by atoms with van der Waals surface area (Å²) in [6.45, 7) is 5.95. The third-order valence-corrected chi connectivity index (χ3v) is 4.02. The molecular formula is C15H19FINO2. The lowest BCUT2D eigenvalue weighted by atomic mass is 10.2. The van der Waals surface area contributed by atoms with Crippen molar-refractivity contribution < 1.29 is 13.9 Å². The summed E-state index contributed by atoms with van der Waals surface area (Å²) in [6.07, 6.45) is 1.66. The molecular weight excluding hydrogens is 372 g/mol. The summed E-state index contributed by atoms with van der Waals surface area (Å²) < 4.78 is 19.7. The van der Waals surface area contributed by atoms with Crippen LogP contribution in [-0.4, -0.2) is 22.6 Å². The van der Waals surface area contributed by atoms with Crippen LogP contribution in [0.25, 0.3) is 0 Å². The van der Waals surface area contributed by atoms with Gasteiger partial charge in [-0.15, -0.1) is 0 Å². The largest absolute Gasteiger partial charge is 0.444 e. The summed E-state index contributed by atoms with van der Waals surface area (Å²) in [7, 11) is 0. The second-order valence-electron chi connectivity index (χ2n) is 6.08. The zero-order valence-electron chi connectivity index (χ0n) is 12.0. The van der Waals surface area contributed by atoms with Gasteiger partial charge in [-0.25, -0.2) is 9.18 Å². The third-order valence-electron chi connectivity index (χ3n) is 2.96. The average Bonchev–Trinajstić information content (AvgIpc) is 3.11. The molecule has 5 heteroatoms. The highest BCUT2D eigenvalue weighted by atomic mass is 127. The highest BCUT2D eigenvalue weighted by molar-refractivity contribution is 14.1. The summed E-state index contributed by atoms with van der Waals surface area (Å²) in [5, 5.41) is 0. The average molecular weight is 391 g/mol. The van der Waals surface area contributed by atoms with Crippen molar-refractivity contribution in [2.75, 3.05) is 0 Å². The fraction of sp³-hybridized carbons (Fsp3) is 0.533. The Kier molecular flexibility index (Phi) is 4.56. The molecule has 0 bridgehead atoms. The van der Waals surface area contributed by atoms with Crippen LogP contribution in [0, 0.1) is 9.39 Å². The fourth-order valence-electron chi connectivity index (χ4n) is 1.90. The maximum absolute atomic E-state index is 13.3. The summed E-state index contributed by atoms with van der Waals surface area (Å²) in [6, 6.07) is 4.87. The van der Waals surface area contributed by atoms with Crippen LogP contribution >= 0.6 is 22.6 Å². The van der Waals surface area contributed by atoms with E-state index in [-0.39, 0.29) is 18.0 Å². The quantitative estimate of drug-likeness (QED) is 0.718. The molecule has 110 valence electrons. The minimum atomic E-state index is -0.515. The number of halogens is 2. The molecule has 1 saturated carbocycles. The Hall–Kier alpha value is -0.850. The van der Waals surface area contributed by atoms with Crippen molar-refractivity contribution in [3.63, 3.8) is 0 Å². The SMILES string of the molecule is CC(C)(C)OC(=O)N(Cc1cc(F)ccc1I)C1CC1. The Morgan fingerprint density at radius 3 is 2.65 bits per heavy atom. The predicted molar refractivity (Wildman–Crippen MR) is 83.9 cm³/mol. The Labute approximate surface area is 132 Å². The van der Waals surface area contributed by atoms with E-state index in [1.54, 1.807) is 11.0 Å². The lowest BCUT2D eigenvalue weighted by Crippen LogP contribution is -2.38. The molecule has 0 heterocycles. The van der Waals surface area contributed by atoms with E-state index in [4.69, 9.17) is 4.74 Å². The first-order valence-corrected chi connectivity index (χ1v) is 7.78. The standard InChI is InChI=1S/C15H19FINO2/c1-15(2,3)20-14(19)18(12-5-6-12)9-10-8-11(16)4-7-13(10)17/h4,7-8,12H,5-6,9H2,1-3H3. The van der Waals surface area contributed by atoms with Crippen LogP contribution in [0.5, 0.6) is 0 Å². The van der Waals surface area contributed by atoms with Crippen LogP contribution < -0.4 is 0 Å². The van der Waals surface area contributed by atoms with Gasteiger partial charge in [-0.2, -0.15) is 0 Å². The van der Waals surface area contributed by atoms with Gasteiger partial charge in [0.05, 0.1) is 6.54 Å². The van der Waals surface area contributed by atoms with Crippen LogP contribution in [-0.2, 0) is 11.3 Å². The fourth-order valence-corrected chi connectivity index (χ4v) is 2.40. The normalized spacial score (nSPS) is 15.1. The van der Waals surface area contributed by atoms with Crippen molar-refractivity contribution in [1.29, 1.82) is 0 Å². The summed E-state index contributed by atoms with van der Waals surface area (Å²) in [5.74, 6) is -0.277. The van der Waals surface area contributed by atoms with E-state index in [1.165, 1.54) is 12.1 Å². The molecule has 2 rings (SSSR count). The molecule has 0 aromatic heterocycles. The molecule has 1 aliphatic carbocycles. The van der Waals surface area contributed by atoms with Gasteiger partial charge in [-0.3, -0.25) is 0 Å². The molecule has 0 spiro atoms. The highest BCUT2D eigenvalue weighted by Crippen LogP contribution is 2.30. The van der Waals surface area contributed by atoms with E-state index >= 15 is 0 Å². The van der Waals surface area contributed by atoms with Crippen molar-refractivity contribution >= 4 is 28.7 Å². The number of nitrogens with zero attached hydrogens (tertiary/aromatic N) is 1. The summed E-state index contributed by atoms with van der Waals surface area (Å²) in [4.78, 5) is 14.0. The molecule has 0 unspecified atom stereocenters. The minimum absolute atomic E-state index is 0.226. The lowest BCUT2D eigenvalue weighted by molar-refractivity contribution is 0.0216. The lowest BCUT2D eigenvalue weighted by Gasteiger charge is -2.27. The molecule has 20 heavy (non-hydrogen) atoms. The van der Waals surface area contributed by atoms with Gasteiger partial charge in [-0.05, 0) is 80.0 Å². The first-order valence-electron chi connectivity index (χ1n) is 6.70. The molecule has 1 aromatic rings. The van der Waals surface area contributed by atoms with Gasteiger partial charge in [0.15, 0.2) is 0 Å². The second kappa shape index (κ2) is 5.87. The molecule has 0 radical (unpaired) electrons. The van der Waals surface area contributed by atoms with Gasteiger partial charge < -0.3 is 9.64 Å². The van der Waals surface area contributed by atoms with Crippen LogP contribution in [0.4, 0.5) is 9.18 Å². The van der Waals surface area contributed by atoms with E-state index in [0.717, 1.165) is 22.0 Å². The van der Waals surface area contributed by atoms with E-state index in [0.29, 0.717) is 6.54 Å². The molecule has 1 aliphatic rings. The van der Waals surface area contributed by atoms with Gasteiger partial charge in [0.2, 0.25) is 0 Å². The van der Waals surface area contributed by atoms with E-state index in [2.05, 4.69) is 22.6 Å². The number of carbonyl (C=O) groups excluding carboxylic acids is 1. The highest BCUT2D eigenvalue weighted by Gasteiger charge is 2.35. The number of carbonyl (C=O) groups is 1. The van der Waals surface area contributed by atoms with Gasteiger partial charge in [0, 0.05) is 9.61 Å². The molecule has 1 amide bonds. The molecule has 1 aromatic carbocycles. The number of amides is 1. The monoisotopic (exact) mass is 391 g/mol. The van der Waals surface area contributed by atoms with Crippen molar-refractivity contribution in [3.05, 3.63) is 33.1 Å². The molecule has 0 aliphatic heterocycles. The summed E-state index contributed by atoms with van der Waals surface area (Å²) in [5.41, 5.74) is 0.308. The molecule has 0 N–H and O–H groups in total. The number of hydrogen-bond acceptors (Lipinski definition) is 2. The maximum atomic E-state index is 13.3. The van der Waals surface area contributed by atoms with Crippen molar-refractivity contribution in [3.8, 4) is 0 Å². The van der Waals surface area contributed by atoms with E-state index < -0.39 is 5.60 Å². The predicted octanol–water partition coefficient (Wildman–Crippen LogP) is 4.33. The zero-order valence-corrected chi connectivity index (χ0v) is 14.1. The van der Waals surface area contributed by atoms with Crippen LogP contribution in [0.15, 0.2) is 18.2 Å². The first kappa shape index (κ1) is 15.5. The van der Waals surface area contributed by atoms with Crippen LogP contribution in [0.1, 0.15) is 39.2 Å². The minimum Gasteiger partial charge on any atom is -0.444 e. The number of hydrogen-bond donors (Lipinski definition) is 0. The summed E-state index contributed by atoms with van der Waals surface area (Å²) >= 11 is 2.16. The van der Waals surface area contributed by atoms with Crippen molar-refractivity contribution in [2.45, 2.75) is 51.8 Å². The van der Waals surface area contributed by atoms with Crippen LogP contribution in [0.3, 0.4) is 0 Å². The Bertz CT molecular complexity index is 509. The number of rotatable bonds is 3. The molecule has 3 nitrogen and oxygen atoms in total. The van der Waals surface area contributed by atoms with Gasteiger partial charge in [0.25, 0.3) is 0 Å². The van der Waals surface area contributed by atoms with Gasteiger partial charge in [-0.1, -0.05) is 0 Å². The molecule has 0 saturated heterocycles. The van der Waals surface area contributed by atoms with E-state index in [9.17, 15) is 9.18 Å². The topological polar surface area (TPSA) is 29.5 Å². The Balaban J connectivity index is 2.13. The van der Waals surface area contributed by atoms with Gasteiger partial charge in [0.1, 0.15) is 11.4 Å². The third kappa shape index (κ3) is 4.33. The van der Waals surface area contributed by atoms with Crippen molar-refractivity contribution in [2.24, 2.45) is 0 Å². The zero-order chi connectivity index (χ0) is 14.9. The van der Waals surface area contributed by atoms with Crippen molar-refractivity contribution in [1.82, 2.24) is 4.90 Å². The molecule has 1 fully saturated rings. The Morgan fingerprint density at radius 2 is 2.10 bits per heavy atom. The smallest absolute Gasteiger partial charge is 0.410 e. The van der Waals surface area contributed by atoms with Crippen LogP contribution in [0.2, 0.25) is 0 Å². The van der Waals surface area contributed by atoms with E-state index in [1.807, 2.05) is 20.8 Å².